The molecule has 1 aliphatic rings. The summed E-state index contributed by atoms with van der Waals surface area (Å²) in [5, 5.41) is 1.80. The molecule has 2 atom stereocenters. The Morgan fingerprint density at radius 3 is 2.77 bits per heavy atom. The molecule has 2 aromatic rings. The summed E-state index contributed by atoms with van der Waals surface area (Å²) in [5.74, 6) is 0. The maximum absolute atomic E-state index is 12.5. The smallest absolute Gasteiger partial charge is 0.241 e. The molecule has 1 N–H and O–H groups in total. The zero-order valence-corrected chi connectivity index (χ0v) is 13.9. The number of pyridine rings is 1. The first-order valence-corrected chi connectivity index (χ1v) is 9.50. The third-order valence-electron chi connectivity index (χ3n) is 3.78. The van der Waals surface area contributed by atoms with Crippen LogP contribution in [0.15, 0.2) is 40.9 Å². The van der Waals surface area contributed by atoms with Gasteiger partial charge < -0.3 is 4.74 Å². The predicted octanol–water partition coefficient (Wildman–Crippen LogP) is 2.65. The second-order valence-corrected chi connectivity index (χ2v) is 8.13. The summed E-state index contributed by atoms with van der Waals surface area (Å²) in [6.45, 7) is 2.37. The molecular formula is C15H18N2O3S2. The summed E-state index contributed by atoms with van der Waals surface area (Å²) in [5.41, 5.74) is 1.03. The fourth-order valence-corrected chi connectivity index (χ4v) is 5.21. The molecule has 2 aromatic heterocycles. The zero-order chi connectivity index (χ0) is 15.6. The van der Waals surface area contributed by atoms with Gasteiger partial charge in [-0.3, -0.25) is 4.98 Å². The topological polar surface area (TPSA) is 68.3 Å². The number of nitrogens with one attached hydrogen (secondary N) is 1. The van der Waals surface area contributed by atoms with Gasteiger partial charge in [0.15, 0.2) is 0 Å². The fraction of sp³-hybridized carbons (Fsp3) is 0.400. The van der Waals surface area contributed by atoms with Crippen molar-refractivity contribution in [1.29, 1.82) is 0 Å². The molecule has 2 unspecified atom stereocenters. The third-order valence-corrected chi connectivity index (χ3v) is 6.42. The Kier molecular flexibility index (Phi) is 4.58. The Hall–Kier alpha value is -1.28. The molecule has 0 aliphatic carbocycles. The van der Waals surface area contributed by atoms with Gasteiger partial charge in [0.1, 0.15) is 0 Å². The Morgan fingerprint density at radius 1 is 1.32 bits per heavy atom. The van der Waals surface area contributed by atoms with Crippen LogP contribution in [0, 0.1) is 6.92 Å². The van der Waals surface area contributed by atoms with E-state index in [4.69, 9.17) is 4.74 Å². The van der Waals surface area contributed by atoms with Crippen molar-refractivity contribution >= 4 is 21.4 Å². The van der Waals surface area contributed by atoms with Gasteiger partial charge in [0, 0.05) is 29.9 Å². The van der Waals surface area contributed by atoms with Crippen LogP contribution >= 0.6 is 11.3 Å². The molecule has 0 bridgehead atoms. The molecule has 1 fully saturated rings. The number of ether oxygens (including phenoxy) is 1. The minimum Gasteiger partial charge on any atom is -0.373 e. The lowest BCUT2D eigenvalue weighted by Gasteiger charge is -2.30. The van der Waals surface area contributed by atoms with Crippen LogP contribution < -0.4 is 4.72 Å². The second kappa shape index (κ2) is 6.45. The van der Waals surface area contributed by atoms with Crippen LogP contribution in [0.1, 0.15) is 29.4 Å². The van der Waals surface area contributed by atoms with Crippen LogP contribution in [0.5, 0.6) is 0 Å². The molecule has 3 rings (SSSR count). The average molecular weight is 338 g/mol. The first-order chi connectivity index (χ1) is 10.6. The van der Waals surface area contributed by atoms with Crippen molar-refractivity contribution in [3.63, 3.8) is 0 Å². The van der Waals surface area contributed by atoms with Crippen molar-refractivity contribution < 1.29 is 13.2 Å². The molecule has 118 valence electrons. The number of thiophene rings is 1. The predicted molar refractivity (Wildman–Crippen MR) is 85.3 cm³/mol. The lowest BCUT2D eigenvalue weighted by Crippen LogP contribution is -2.39. The molecule has 3 heterocycles. The molecular weight excluding hydrogens is 320 g/mol. The van der Waals surface area contributed by atoms with Gasteiger partial charge in [-0.05, 0) is 48.9 Å². The van der Waals surface area contributed by atoms with E-state index >= 15 is 0 Å². The van der Waals surface area contributed by atoms with Crippen molar-refractivity contribution in [2.75, 3.05) is 6.61 Å². The number of hydrogen-bond acceptors (Lipinski definition) is 5. The lowest BCUT2D eigenvalue weighted by atomic mass is 9.99. The molecule has 1 aliphatic heterocycles. The molecule has 5 nitrogen and oxygen atoms in total. The summed E-state index contributed by atoms with van der Waals surface area (Å²) >= 11 is 1.44. The second-order valence-electron chi connectivity index (χ2n) is 5.32. The molecule has 0 spiro atoms. The van der Waals surface area contributed by atoms with Crippen LogP contribution in [-0.2, 0) is 14.8 Å². The van der Waals surface area contributed by atoms with Crippen LogP contribution in [0.3, 0.4) is 0 Å². The van der Waals surface area contributed by atoms with E-state index in [1.807, 2.05) is 19.1 Å². The number of rotatable bonds is 4. The minimum absolute atomic E-state index is 0.0898. The number of aryl methyl sites for hydroxylation is 1. The number of sulfonamides is 1. The van der Waals surface area contributed by atoms with Gasteiger partial charge in [-0.2, -0.15) is 0 Å². The number of hydrogen-bond donors (Lipinski definition) is 1. The van der Waals surface area contributed by atoms with Crippen LogP contribution in [-0.4, -0.2) is 26.1 Å². The molecule has 22 heavy (non-hydrogen) atoms. The fourth-order valence-electron chi connectivity index (χ4n) is 2.65. The Labute approximate surface area is 134 Å². The van der Waals surface area contributed by atoms with Crippen molar-refractivity contribution in [3.8, 4) is 0 Å². The van der Waals surface area contributed by atoms with E-state index in [-0.39, 0.29) is 12.1 Å². The normalized spacial score (nSPS) is 22.6. The van der Waals surface area contributed by atoms with Gasteiger partial charge in [-0.25, -0.2) is 13.1 Å². The molecule has 7 heteroatoms. The van der Waals surface area contributed by atoms with E-state index in [1.54, 1.807) is 23.8 Å². The largest absolute Gasteiger partial charge is 0.373 e. The summed E-state index contributed by atoms with van der Waals surface area (Å²) in [6.07, 6.45) is 4.67. The highest BCUT2D eigenvalue weighted by Crippen LogP contribution is 2.29. The third kappa shape index (κ3) is 3.38. The van der Waals surface area contributed by atoms with E-state index in [9.17, 15) is 8.42 Å². The monoisotopic (exact) mass is 338 g/mol. The maximum Gasteiger partial charge on any atom is 0.241 e. The van der Waals surface area contributed by atoms with E-state index in [0.29, 0.717) is 24.3 Å². The van der Waals surface area contributed by atoms with E-state index in [0.717, 1.165) is 10.4 Å². The first-order valence-electron chi connectivity index (χ1n) is 7.14. The molecule has 0 saturated carbocycles. The van der Waals surface area contributed by atoms with Gasteiger partial charge in [-0.1, -0.05) is 0 Å². The zero-order valence-electron chi connectivity index (χ0n) is 12.2. The van der Waals surface area contributed by atoms with Gasteiger partial charge in [-0.15, -0.1) is 11.3 Å². The van der Waals surface area contributed by atoms with Crippen molar-refractivity contribution in [3.05, 3.63) is 46.4 Å². The Balaban J connectivity index is 1.72. The maximum atomic E-state index is 12.5. The van der Waals surface area contributed by atoms with Crippen molar-refractivity contribution in [2.45, 2.75) is 36.8 Å². The van der Waals surface area contributed by atoms with Crippen molar-refractivity contribution in [2.24, 2.45) is 0 Å². The van der Waals surface area contributed by atoms with E-state index in [1.165, 1.54) is 11.3 Å². The van der Waals surface area contributed by atoms with Crippen LogP contribution in [0.25, 0.3) is 0 Å². The standard InChI is InChI=1S/C15H18N2O3S2/c1-11-15(5-9-21-11)22(18,19)17-13-4-8-20-14(10-13)12-2-6-16-7-3-12/h2-3,5-7,9,13-14,17H,4,8,10H2,1H3. The molecule has 0 radical (unpaired) electrons. The summed E-state index contributed by atoms with van der Waals surface area (Å²) < 4.78 is 33.5. The van der Waals surface area contributed by atoms with E-state index in [2.05, 4.69) is 9.71 Å². The molecule has 1 saturated heterocycles. The highest BCUT2D eigenvalue weighted by Gasteiger charge is 2.28. The SMILES string of the molecule is Cc1sccc1S(=O)(=O)NC1CCOC(c2ccncc2)C1. The number of aromatic nitrogens is 1. The summed E-state index contributed by atoms with van der Waals surface area (Å²) in [7, 11) is -3.46. The highest BCUT2D eigenvalue weighted by atomic mass is 32.2. The highest BCUT2D eigenvalue weighted by molar-refractivity contribution is 7.89. The Bertz CT molecular complexity index is 728. The summed E-state index contributed by atoms with van der Waals surface area (Å²) in [6, 6.07) is 5.35. The van der Waals surface area contributed by atoms with Gasteiger partial charge in [0.2, 0.25) is 10.0 Å². The summed E-state index contributed by atoms with van der Waals surface area (Å²) in [4.78, 5) is 5.19. The molecule has 0 amide bonds. The minimum atomic E-state index is -3.46. The van der Waals surface area contributed by atoms with Crippen LogP contribution in [0.4, 0.5) is 0 Å². The lowest BCUT2D eigenvalue weighted by molar-refractivity contribution is 0.00400. The first kappa shape index (κ1) is 15.6. The average Bonchev–Trinajstić information content (AvgIpc) is 2.95. The van der Waals surface area contributed by atoms with Gasteiger partial charge in [0.25, 0.3) is 0 Å². The van der Waals surface area contributed by atoms with Gasteiger partial charge in [0.05, 0.1) is 11.0 Å². The molecule has 0 aromatic carbocycles. The van der Waals surface area contributed by atoms with Crippen LogP contribution in [0.2, 0.25) is 0 Å². The van der Waals surface area contributed by atoms with Gasteiger partial charge >= 0.3 is 0 Å². The van der Waals surface area contributed by atoms with Crippen molar-refractivity contribution in [1.82, 2.24) is 9.71 Å². The Morgan fingerprint density at radius 2 is 2.09 bits per heavy atom. The number of nitrogens with zero attached hydrogens (tertiary/aromatic N) is 1. The van der Waals surface area contributed by atoms with E-state index < -0.39 is 10.0 Å². The quantitative estimate of drug-likeness (QED) is 0.930.